The van der Waals surface area contributed by atoms with E-state index in [4.69, 9.17) is 14.2 Å². The van der Waals surface area contributed by atoms with Crippen LogP contribution in [0.4, 0.5) is 5.69 Å². The van der Waals surface area contributed by atoms with Gasteiger partial charge in [-0.1, -0.05) is 13.0 Å². The first-order valence-corrected chi connectivity index (χ1v) is 8.49. The van der Waals surface area contributed by atoms with Crippen LogP contribution >= 0.6 is 0 Å². The predicted octanol–water partition coefficient (Wildman–Crippen LogP) is 4.04. The zero-order valence-corrected chi connectivity index (χ0v) is 15.6. The number of amides is 1. The molecule has 0 aliphatic heterocycles. The average Bonchev–Trinajstić information content (AvgIpc) is 2.70. The van der Waals surface area contributed by atoms with Gasteiger partial charge in [0.15, 0.2) is 11.5 Å². The van der Waals surface area contributed by atoms with Crippen molar-refractivity contribution in [3.8, 4) is 23.3 Å². The average molecular weight is 366 g/mol. The molecule has 0 aromatic heterocycles. The Balaban J connectivity index is 2.20. The lowest BCUT2D eigenvalue weighted by Crippen LogP contribution is -2.13. The van der Waals surface area contributed by atoms with Crippen LogP contribution in [-0.4, -0.2) is 26.7 Å². The number of nitriles is 1. The quantitative estimate of drug-likeness (QED) is 0.563. The van der Waals surface area contributed by atoms with Gasteiger partial charge in [-0.05, 0) is 54.5 Å². The first kappa shape index (κ1) is 19.9. The number of methoxy groups -OCH3 is 2. The molecule has 0 saturated heterocycles. The van der Waals surface area contributed by atoms with Crippen molar-refractivity contribution in [2.45, 2.75) is 13.3 Å². The van der Waals surface area contributed by atoms with Crippen LogP contribution < -0.4 is 19.5 Å². The molecule has 2 aromatic rings. The summed E-state index contributed by atoms with van der Waals surface area (Å²) in [5.74, 6) is 1.36. The van der Waals surface area contributed by atoms with Gasteiger partial charge in [0.1, 0.15) is 17.4 Å². The van der Waals surface area contributed by atoms with Gasteiger partial charge in [-0.15, -0.1) is 0 Å². The second-order valence-electron chi connectivity index (χ2n) is 5.61. The molecule has 0 aliphatic rings. The zero-order chi connectivity index (χ0) is 19.6. The molecule has 0 fully saturated rings. The van der Waals surface area contributed by atoms with Crippen molar-refractivity contribution >= 4 is 17.7 Å². The van der Waals surface area contributed by atoms with E-state index in [1.54, 1.807) is 56.7 Å². The fourth-order valence-electron chi connectivity index (χ4n) is 2.30. The molecule has 27 heavy (non-hydrogen) atoms. The molecule has 0 heterocycles. The van der Waals surface area contributed by atoms with Crippen LogP contribution in [-0.2, 0) is 4.79 Å². The Hall–Kier alpha value is -3.46. The van der Waals surface area contributed by atoms with Crippen LogP contribution in [0, 0.1) is 11.3 Å². The number of anilines is 1. The van der Waals surface area contributed by atoms with Crippen molar-refractivity contribution in [1.82, 2.24) is 0 Å². The summed E-state index contributed by atoms with van der Waals surface area (Å²) >= 11 is 0. The molecular formula is C21H22N2O4. The van der Waals surface area contributed by atoms with E-state index in [0.717, 1.165) is 6.42 Å². The Bertz CT molecular complexity index is 851. The summed E-state index contributed by atoms with van der Waals surface area (Å²) in [5.41, 5.74) is 1.23. The van der Waals surface area contributed by atoms with Crippen LogP contribution in [0.3, 0.4) is 0 Å². The third-order valence-corrected chi connectivity index (χ3v) is 3.67. The molecule has 1 N–H and O–H groups in total. The normalized spacial score (nSPS) is 10.7. The van der Waals surface area contributed by atoms with Gasteiger partial charge >= 0.3 is 0 Å². The van der Waals surface area contributed by atoms with Crippen LogP contribution in [0.25, 0.3) is 6.08 Å². The maximum absolute atomic E-state index is 12.4. The van der Waals surface area contributed by atoms with E-state index in [0.29, 0.717) is 35.1 Å². The molecule has 0 spiro atoms. The summed E-state index contributed by atoms with van der Waals surface area (Å²) in [5, 5.41) is 12.1. The Kier molecular flexibility index (Phi) is 7.26. The van der Waals surface area contributed by atoms with Crippen molar-refractivity contribution < 1.29 is 19.0 Å². The number of nitrogens with zero attached hydrogens (tertiary/aromatic N) is 1. The van der Waals surface area contributed by atoms with Crippen molar-refractivity contribution in [1.29, 1.82) is 5.26 Å². The minimum atomic E-state index is -0.491. The summed E-state index contributed by atoms with van der Waals surface area (Å²) < 4.78 is 16.0. The highest BCUT2D eigenvalue weighted by Gasteiger charge is 2.11. The van der Waals surface area contributed by atoms with Crippen molar-refractivity contribution in [3.05, 3.63) is 53.6 Å². The van der Waals surface area contributed by atoms with Gasteiger partial charge in [0.2, 0.25) is 0 Å². The first-order valence-electron chi connectivity index (χ1n) is 8.49. The first-order chi connectivity index (χ1) is 13.1. The second kappa shape index (κ2) is 9.88. The lowest BCUT2D eigenvalue weighted by Gasteiger charge is -2.11. The van der Waals surface area contributed by atoms with E-state index in [9.17, 15) is 10.1 Å². The Morgan fingerprint density at radius 1 is 1.11 bits per heavy atom. The number of nitrogens with one attached hydrogen (secondary N) is 1. The molecule has 140 valence electrons. The SMILES string of the molecule is CCCOc1cc(/C=C(\C#N)C(=O)Nc2ccc(OC)cc2)ccc1OC. The topological polar surface area (TPSA) is 80.6 Å². The maximum atomic E-state index is 12.4. The number of benzene rings is 2. The summed E-state index contributed by atoms with van der Waals surface area (Å²) in [6.07, 6.45) is 2.37. The van der Waals surface area contributed by atoms with Crippen molar-refractivity contribution in [2.75, 3.05) is 26.1 Å². The molecule has 6 nitrogen and oxygen atoms in total. The predicted molar refractivity (Wildman–Crippen MR) is 104 cm³/mol. The monoisotopic (exact) mass is 366 g/mol. The number of rotatable bonds is 8. The smallest absolute Gasteiger partial charge is 0.266 e. The maximum Gasteiger partial charge on any atom is 0.266 e. The fraction of sp³-hybridized carbons (Fsp3) is 0.238. The molecular weight excluding hydrogens is 344 g/mol. The minimum Gasteiger partial charge on any atom is -0.497 e. The summed E-state index contributed by atoms with van der Waals surface area (Å²) in [6, 6.07) is 14.0. The molecule has 0 radical (unpaired) electrons. The van der Waals surface area contributed by atoms with E-state index in [-0.39, 0.29) is 5.57 Å². The number of carbonyl (C=O) groups is 1. The van der Waals surface area contributed by atoms with Gasteiger partial charge in [-0.2, -0.15) is 5.26 Å². The highest BCUT2D eigenvalue weighted by molar-refractivity contribution is 6.09. The standard InChI is InChI=1S/C21H22N2O4/c1-4-11-27-20-13-15(5-10-19(20)26-3)12-16(14-22)21(24)23-17-6-8-18(25-2)9-7-17/h5-10,12-13H,4,11H2,1-3H3,(H,23,24)/b16-12+. The third-order valence-electron chi connectivity index (χ3n) is 3.67. The molecule has 0 atom stereocenters. The zero-order valence-electron chi connectivity index (χ0n) is 15.6. The van der Waals surface area contributed by atoms with E-state index < -0.39 is 5.91 Å². The largest absolute Gasteiger partial charge is 0.497 e. The Labute approximate surface area is 159 Å². The second-order valence-corrected chi connectivity index (χ2v) is 5.61. The van der Waals surface area contributed by atoms with Crippen molar-refractivity contribution in [2.24, 2.45) is 0 Å². The third kappa shape index (κ3) is 5.51. The molecule has 6 heteroatoms. The van der Waals surface area contributed by atoms with Crippen LogP contribution in [0.15, 0.2) is 48.0 Å². The van der Waals surface area contributed by atoms with E-state index in [1.807, 2.05) is 13.0 Å². The van der Waals surface area contributed by atoms with Crippen molar-refractivity contribution in [3.63, 3.8) is 0 Å². The molecule has 0 saturated carbocycles. The Morgan fingerprint density at radius 3 is 2.44 bits per heavy atom. The molecule has 0 aliphatic carbocycles. The van der Waals surface area contributed by atoms with Gasteiger partial charge in [0, 0.05) is 5.69 Å². The van der Waals surface area contributed by atoms with Gasteiger partial charge < -0.3 is 19.5 Å². The molecule has 2 aromatic carbocycles. The Morgan fingerprint density at radius 2 is 1.85 bits per heavy atom. The number of carbonyl (C=O) groups excluding carboxylic acids is 1. The van der Waals surface area contributed by atoms with Crippen LogP contribution in [0.5, 0.6) is 17.2 Å². The van der Waals surface area contributed by atoms with E-state index in [2.05, 4.69) is 5.32 Å². The van der Waals surface area contributed by atoms with E-state index in [1.165, 1.54) is 6.08 Å². The summed E-state index contributed by atoms with van der Waals surface area (Å²) in [6.45, 7) is 2.56. The summed E-state index contributed by atoms with van der Waals surface area (Å²) in [7, 11) is 3.13. The van der Waals surface area contributed by atoms with Crippen LogP contribution in [0.1, 0.15) is 18.9 Å². The lowest BCUT2D eigenvalue weighted by molar-refractivity contribution is -0.112. The number of hydrogen-bond donors (Lipinski definition) is 1. The number of hydrogen-bond acceptors (Lipinski definition) is 5. The molecule has 1 amide bonds. The molecule has 0 bridgehead atoms. The van der Waals surface area contributed by atoms with Gasteiger partial charge in [-0.3, -0.25) is 4.79 Å². The summed E-state index contributed by atoms with van der Waals surface area (Å²) in [4.78, 5) is 12.4. The van der Waals surface area contributed by atoms with Crippen LogP contribution in [0.2, 0.25) is 0 Å². The van der Waals surface area contributed by atoms with E-state index >= 15 is 0 Å². The lowest BCUT2D eigenvalue weighted by atomic mass is 10.1. The molecule has 2 rings (SSSR count). The fourth-order valence-corrected chi connectivity index (χ4v) is 2.30. The highest BCUT2D eigenvalue weighted by atomic mass is 16.5. The molecule has 0 unspecified atom stereocenters. The highest BCUT2D eigenvalue weighted by Crippen LogP contribution is 2.29. The minimum absolute atomic E-state index is 0.0163. The van der Waals surface area contributed by atoms with Gasteiger partial charge in [0.25, 0.3) is 5.91 Å². The number of ether oxygens (including phenoxy) is 3. The van der Waals surface area contributed by atoms with Gasteiger partial charge in [-0.25, -0.2) is 0 Å². The van der Waals surface area contributed by atoms with Gasteiger partial charge in [0.05, 0.1) is 20.8 Å².